The van der Waals surface area contributed by atoms with Gasteiger partial charge in [-0.25, -0.2) is 0 Å². The molecule has 0 aliphatic heterocycles. The van der Waals surface area contributed by atoms with Gasteiger partial charge in [0, 0.05) is 23.1 Å². The molecule has 0 heterocycles. The van der Waals surface area contributed by atoms with Crippen molar-refractivity contribution in [1.29, 1.82) is 0 Å². The minimum atomic E-state index is -0.689. The molecule has 1 amide bonds. The zero-order chi connectivity index (χ0) is 19.8. The number of rotatable bonds is 9. The van der Waals surface area contributed by atoms with Gasteiger partial charge in [-0.1, -0.05) is 63.8 Å². The molecular formula is C24H33NO3. The highest BCUT2D eigenvalue weighted by Gasteiger charge is 2.40. The van der Waals surface area contributed by atoms with E-state index in [-0.39, 0.29) is 5.91 Å². The van der Waals surface area contributed by atoms with E-state index >= 15 is 0 Å². The summed E-state index contributed by atoms with van der Waals surface area (Å²) in [5, 5.41) is 5.22. The van der Waals surface area contributed by atoms with Crippen molar-refractivity contribution in [3.05, 3.63) is 36.4 Å². The first-order valence-corrected chi connectivity index (χ1v) is 10.8. The van der Waals surface area contributed by atoms with Gasteiger partial charge < -0.3 is 14.8 Å². The van der Waals surface area contributed by atoms with Gasteiger partial charge in [0.2, 0.25) is 0 Å². The number of anilines is 1. The summed E-state index contributed by atoms with van der Waals surface area (Å²) in [5.74, 6) is 0.863. The van der Waals surface area contributed by atoms with Gasteiger partial charge >= 0.3 is 0 Å². The van der Waals surface area contributed by atoms with Gasteiger partial charge in [-0.3, -0.25) is 4.79 Å². The van der Waals surface area contributed by atoms with Crippen LogP contribution in [0.5, 0.6) is 5.75 Å². The van der Waals surface area contributed by atoms with Gasteiger partial charge in [-0.15, -0.1) is 0 Å². The fraction of sp³-hybridized carbons (Fsp3) is 0.542. The van der Waals surface area contributed by atoms with Crippen LogP contribution >= 0.6 is 0 Å². The summed E-state index contributed by atoms with van der Waals surface area (Å²) in [6, 6.07) is 12.0. The Morgan fingerprint density at radius 2 is 1.71 bits per heavy atom. The molecule has 1 aliphatic rings. The lowest BCUT2D eigenvalue weighted by Crippen LogP contribution is -2.47. The van der Waals surface area contributed by atoms with Gasteiger partial charge in [0.25, 0.3) is 5.91 Å². The number of benzene rings is 2. The number of carbonyl (C=O) groups excluding carboxylic acids is 1. The fourth-order valence-corrected chi connectivity index (χ4v) is 3.93. The normalized spacial score (nSPS) is 16.1. The van der Waals surface area contributed by atoms with Crippen LogP contribution < -0.4 is 10.1 Å². The average molecular weight is 384 g/mol. The highest BCUT2D eigenvalue weighted by molar-refractivity contribution is 6.06. The number of hydrogen-bond donors (Lipinski definition) is 1. The number of hydrogen-bond acceptors (Lipinski definition) is 3. The standard InChI is InChI=1S/C24H33NO3/c1-3-5-18-27-22-14-13-21(19-11-7-8-12-20(19)22)25-23(26)24(28-17-4-2)15-9-6-10-16-24/h7-8,11-14H,3-6,9-10,15-18H2,1-2H3,(H,25,26). The Morgan fingerprint density at radius 3 is 2.43 bits per heavy atom. The maximum absolute atomic E-state index is 13.3. The second-order valence-electron chi connectivity index (χ2n) is 7.72. The van der Waals surface area contributed by atoms with Crippen LogP contribution in [0, 0.1) is 0 Å². The van der Waals surface area contributed by atoms with Gasteiger partial charge in [0.05, 0.1) is 6.61 Å². The largest absolute Gasteiger partial charge is 0.493 e. The number of amides is 1. The van der Waals surface area contributed by atoms with Crippen LogP contribution in [0.15, 0.2) is 36.4 Å². The minimum Gasteiger partial charge on any atom is -0.493 e. The van der Waals surface area contributed by atoms with Crippen molar-refractivity contribution in [1.82, 2.24) is 0 Å². The quantitative estimate of drug-likeness (QED) is 0.533. The summed E-state index contributed by atoms with van der Waals surface area (Å²) < 4.78 is 12.1. The second kappa shape index (κ2) is 9.92. The van der Waals surface area contributed by atoms with E-state index in [9.17, 15) is 4.79 Å². The SMILES string of the molecule is CCCCOc1ccc(NC(=O)C2(OCCC)CCCCC2)c2ccccc12. The van der Waals surface area contributed by atoms with Crippen molar-refractivity contribution in [2.24, 2.45) is 0 Å². The molecule has 1 N–H and O–H groups in total. The predicted octanol–water partition coefficient (Wildman–Crippen LogP) is 6.09. The monoisotopic (exact) mass is 383 g/mol. The highest BCUT2D eigenvalue weighted by atomic mass is 16.5. The maximum Gasteiger partial charge on any atom is 0.256 e. The Balaban J connectivity index is 1.84. The van der Waals surface area contributed by atoms with Gasteiger partial charge in [-0.2, -0.15) is 0 Å². The molecule has 4 heteroatoms. The van der Waals surface area contributed by atoms with Crippen LogP contribution in [0.25, 0.3) is 10.8 Å². The van der Waals surface area contributed by atoms with Crippen LogP contribution in [0.1, 0.15) is 65.2 Å². The van der Waals surface area contributed by atoms with E-state index in [1.807, 2.05) is 30.3 Å². The fourth-order valence-electron chi connectivity index (χ4n) is 3.93. The number of nitrogens with one attached hydrogen (secondary N) is 1. The molecular weight excluding hydrogens is 350 g/mol. The molecule has 3 rings (SSSR count). The molecule has 4 nitrogen and oxygen atoms in total. The molecule has 0 unspecified atom stereocenters. The predicted molar refractivity (Wildman–Crippen MR) is 115 cm³/mol. The number of unbranched alkanes of at least 4 members (excludes halogenated alkanes) is 1. The van der Waals surface area contributed by atoms with E-state index in [1.54, 1.807) is 0 Å². The molecule has 1 fully saturated rings. The lowest BCUT2D eigenvalue weighted by molar-refractivity contribution is -0.146. The summed E-state index contributed by atoms with van der Waals surface area (Å²) in [4.78, 5) is 13.3. The van der Waals surface area contributed by atoms with E-state index in [0.29, 0.717) is 13.2 Å². The van der Waals surface area contributed by atoms with Crippen molar-refractivity contribution in [2.45, 2.75) is 70.8 Å². The van der Waals surface area contributed by atoms with Gasteiger partial charge in [0.1, 0.15) is 11.4 Å². The van der Waals surface area contributed by atoms with Crippen LogP contribution in [0.4, 0.5) is 5.69 Å². The second-order valence-corrected chi connectivity index (χ2v) is 7.72. The summed E-state index contributed by atoms with van der Waals surface area (Å²) in [6.07, 6.45) is 7.92. The lowest BCUT2D eigenvalue weighted by atomic mass is 9.83. The molecule has 0 aromatic heterocycles. The molecule has 0 spiro atoms. The highest BCUT2D eigenvalue weighted by Crippen LogP contribution is 2.36. The van der Waals surface area contributed by atoms with Crippen LogP contribution in [-0.2, 0) is 9.53 Å². The Kier molecular flexibility index (Phi) is 7.32. The third-order valence-corrected chi connectivity index (χ3v) is 5.55. The van der Waals surface area contributed by atoms with Crippen molar-refractivity contribution >= 4 is 22.4 Å². The molecule has 152 valence electrons. The Labute approximate surface area is 168 Å². The van der Waals surface area contributed by atoms with E-state index in [1.165, 1.54) is 6.42 Å². The van der Waals surface area contributed by atoms with Crippen molar-refractivity contribution in [2.75, 3.05) is 18.5 Å². The minimum absolute atomic E-state index is 0.00884. The number of carbonyl (C=O) groups is 1. The molecule has 1 aliphatic carbocycles. The molecule has 2 aromatic rings. The lowest BCUT2D eigenvalue weighted by Gasteiger charge is -2.35. The summed E-state index contributed by atoms with van der Waals surface area (Å²) in [5.41, 5.74) is 0.138. The third kappa shape index (κ3) is 4.67. The molecule has 0 bridgehead atoms. The van der Waals surface area contributed by atoms with Crippen LogP contribution in [-0.4, -0.2) is 24.7 Å². The summed E-state index contributed by atoms with van der Waals surface area (Å²) in [6.45, 7) is 5.57. The van der Waals surface area contributed by atoms with Crippen molar-refractivity contribution in [3.63, 3.8) is 0 Å². The van der Waals surface area contributed by atoms with Crippen LogP contribution in [0.3, 0.4) is 0 Å². The third-order valence-electron chi connectivity index (χ3n) is 5.55. The first kappa shape index (κ1) is 20.7. The van der Waals surface area contributed by atoms with Crippen LogP contribution in [0.2, 0.25) is 0 Å². The summed E-state index contributed by atoms with van der Waals surface area (Å²) in [7, 11) is 0. The molecule has 1 saturated carbocycles. The molecule has 0 radical (unpaired) electrons. The zero-order valence-corrected chi connectivity index (χ0v) is 17.3. The molecule has 2 aromatic carbocycles. The first-order chi connectivity index (χ1) is 13.7. The maximum atomic E-state index is 13.3. The van der Waals surface area contributed by atoms with Crippen molar-refractivity contribution < 1.29 is 14.3 Å². The van der Waals surface area contributed by atoms with Gasteiger partial charge in [0.15, 0.2) is 0 Å². The number of ether oxygens (including phenoxy) is 2. The smallest absolute Gasteiger partial charge is 0.256 e. The van der Waals surface area contributed by atoms with E-state index < -0.39 is 5.60 Å². The first-order valence-electron chi connectivity index (χ1n) is 10.8. The summed E-state index contributed by atoms with van der Waals surface area (Å²) >= 11 is 0. The van der Waals surface area contributed by atoms with Gasteiger partial charge in [-0.05, 0) is 37.8 Å². The van der Waals surface area contributed by atoms with E-state index in [0.717, 1.165) is 67.2 Å². The molecule has 0 atom stereocenters. The number of fused-ring (bicyclic) bond motifs is 1. The average Bonchev–Trinajstić information content (AvgIpc) is 2.74. The molecule has 28 heavy (non-hydrogen) atoms. The van der Waals surface area contributed by atoms with E-state index in [2.05, 4.69) is 25.2 Å². The zero-order valence-electron chi connectivity index (χ0n) is 17.3. The molecule has 0 saturated heterocycles. The Morgan fingerprint density at radius 1 is 0.964 bits per heavy atom. The van der Waals surface area contributed by atoms with E-state index in [4.69, 9.17) is 9.47 Å². The Hall–Kier alpha value is -2.07. The Bertz CT molecular complexity index is 781. The topological polar surface area (TPSA) is 47.6 Å². The van der Waals surface area contributed by atoms with Crippen molar-refractivity contribution in [3.8, 4) is 5.75 Å².